The van der Waals surface area contributed by atoms with Crippen LogP contribution in [0.4, 0.5) is 0 Å². The van der Waals surface area contributed by atoms with Crippen molar-refractivity contribution in [2.24, 2.45) is 0 Å². The first-order valence-electron chi connectivity index (χ1n) is 32.0. The number of aromatic hydroxyl groups is 4. The number of rotatable bonds is 35. The van der Waals surface area contributed by atoms with Gasteiger partial charge in [-0.1, -0.05) is 202 Å². The van der Waals surface area contributed by atoms with Gasteiger partial charge in [0.2, 0.25) is 23.0 Å². The number of carbonyl (C=O) groups excluding carboxylic acids is 4. The predicted octanol–water partition coefficient (Wildman–Crippen LogP) is 14.4. The van der Waals surface area contributed by atoms with Crippen molar-refractivity contribution in [3.8, 4) is 69.0 Å². The summed E-state index contributed by atoms with van der Waals surface area (Å²) >= 11 is 0.963. The fraction of sp³-hybridized carbons (Fsp3) is 0.175. The van der Waals surface area contributed by atoms with E-state index in [1.165, 1.54) is 48.6 Å². The van der Waals surface area contributed by atoms with E-state index in [-0.39, 0.29) is 110 Å². The summed E-state index contributed by atoms with van der Waals surface area (Å²) in [6.07, 6.45) is -1.78. The molecular formula is C80H72O21S. The number of phenols is 4. The molecule has 1 fully saturated rings. The Morgan fingerprint density at radius 3 is 1.00 bits per heavy atom. The highest BCUT2D eigenvalue weighted by Crippen LogP contribution is 2.45. The van der Waals surface area contributed by atoms with Crippen molar-refractivity contribution in [3.63, 3.8) is 0 Å². The summed E-state index contributed by atoms with van der Waals surface area (Å²) in [6.45, 7) is 14.0. The Labute approximate surface area is 592 Å². The molecule has 9 aromatic carbocycles. The standard InChI is InChI=1S/C80H72O21S/c1-5-34-89-64-42-57(43-65(90-35-6-2)71(64)95-48-53-28-18-11-19-29-53)76(85)97-50-68-73(99-77(86)55-38-60(81)69(61(82)39-55)93-46-51-24-14-9-15-25-51)74(100-78(87)56-40-62(83)70(63(84)41-56)94-47-52-26-16-10-17-27-52)75(80(98-68)102-59-32-22-13-23-33-59)101-79(88)58-44-66(91-36-7-3)72(67(45-58)92-37-8-4)96-49-54-30-20-12-21-31-54/h5-33,38-45,68,73-75,80-84H,1-4,34-37,46-50H2/t68-,73-,74+,75-,80+/m1/s1. The van der Waals surface area contributed by atoms with Crippen molar-refractivity contribution in [3.05, 3.63) is 295 Å². The number of carbonyl (C=O) groups is 4. The van der Waals surface area contributed by atoms with E-state index in [2.05, 4.69) is 26.3 Å². The SMILES string of the molecule is C=CCOc1cc(C(=O)OC[C@H]2O[C@@H](Sc3ccccc3)[C@H](OC(=O)c3cc(OCC=C)c(OCc4ccccc4)c(OCC=C)c3)[C@@H](OC(=O)c3cc(O)c(OCc4ccccc4)c(O)c3)[C@@H]2OC(=O)c2cc(O)c(OCc3ccccc3)c(O)c2)cc(OCC=C)c1OCc1ccccc1. The maximum absolute atomic E-state index is 15.4. The molecule has 0 bridgehead atoms. The van der Waals surface area contributed by atoms with Crippen molar-refractivity contribution < 1.29 is 101 Å². The van der Waals surface area contributed by atoms with Crippen molar-refractivity contribution in [1.29, 1.82) is 0 Å². The number of hydrogen-bond acceptors (Lipinski definition) is 22. The lowest BCUT2D eigenvalue weighted by atomic mass is 9.98. The molecule has 0 spiro atoms. The van der Waals surface area contributed by atoms with E-state index < -0.39 is 94.5 Å². The highest BCUT2D eigenvalue weighted by Gasteiger charge is 2.54. The number of esters is 4. The molecule has 10 rings (SSSR count). The predicted molar refractivity (Wildman–Crippen MR) is 377 cm³/mol. The fourth-order valence-corrected chi connectivity index (χ4v) is 11.4. The summed E-state index contributed by atoms with van der Waals surface area (Å²) in [7, 11) is 0. The minimum absolute atomic E-state index is 0.0121. The number of thioether (sulfide) groups is 1. The Morgan fingerprint density at radius 1 is 0.363 bits per heavy atom. The topological polar surface area (TPSA) is 269 Å². The highest BCUT2D eigenvalue weighted by atomic mass is 32.2. The van der Waals surface area contributed by atoms with E-state index in [9.17, 15) is 25.2 Å². The quantitative estimate of drug-likeness (QED) is 0.0163. The molecule has 21 nitrogen and oxygen atoms in total. The zero-order valence-corrected chi connectivity index (χ0v) is 55.9. The van der Waals surface area contributed by atoms with Crippen LogP contribution in [-0.4, -0.2) is 107 Å². The second-order valence-corrected chi connectivity index (χ2v) is 23.6. The molecule has 1 heterocycles. The van der Waals surface area contributed by atoms with Crippen LogP contribution in [0.5, 0.6) is 69.0 Å². The summed E-state index contributed by atoms with van der Waals surface area (Å²) < 4.78 is 81.0. The van der Waals surface area contributed by atoms with E-state index in [1.54, 1.807) is 91.0 Å². The molecular weight excluding hydrogens is 1330 g/mol. The first-order valence-corrected chi connectivity index (χ1v) is 32.9. The molecule has 0 radical (unpaired) electrons. The molecule has 0 saturated carbocycles. The summed E-state index contributed by atoms with van der Waals surface area (Å²) in [6, 6.07) is 54.0. The molecule has 524 valence electrons. The van der Waals surface area contributed by atoms with Gasteiger partial charge >= 0.3 is 23.9 Å². The smallest absolute Gasteiger partial charge is 0.338 e. The normalized spacial score (nSPS) is 15.2. The van der Waals surface area contributed by atoms with Gasteiger partial charge in [-0.2, -0.15) is 0 Å². The van der Waals surface area contributed by atoms with Crippen LogP contribution in [0, 0.1) is 0 Å². The number of hydrogen-bond donors (Lipinski definition) is 4. The molecule has 0 unspecified atom stereocenters. The Hall–Kier alpha value is -12.3. The van der Waals surface area contributed by atoms with Gasteiger partial charge < -0.3 is 82.0 Å². The lowest BCUT2D eigenvalue weighted by Gasteiger charge is -2.44. The molecule has 102 heavy (non-hydrogen) atoms. The molecule has 0 aliphatic carbocycles. The molecule has 1 aliphatic rings. The number of phenolic OH excluding ortho intramolecular Hbond substituents is 4. The van der Waals surface area contributed by atoms with Crippen LogP contribution in [0.2, 0.25) is 0 Å². The second kappa shape index (κ2) is 36.0. The van der Waals surface area contributed by atoms with Crippen LogP contribution in [0.25, 0.3) is 0 Å². The molecule has 0 amide bonds. The molecule has 4 N–H and O–H groups in total. The lowest BCUT2D eigenvalue weighted by molar-refractivity contribution is -0.207. The van der Waals surface area contributed by atoms with E-state index >= 15 is 14.4 Å². The monoisotopic (exact) mass is 1400 g/mol. The summed E-state index contributed by atoms with van der Waals surface area (Å²) in [5.74, 6) is -7.97. The first-order chi connectivity index (χ1) is 49.7. The van der Waals surface area contributed by atoms with Gasteiger partial charge in [-0.05, 0) is 82.9 Å². The minimum Gasteiger partial charge on any atom is -0.504 e. The Balaban J connectivity index is 1.09. The minimum atomic E-state index is -2.06. The molecule has 1 saturated heterocycles. The molecule has 1 aliphatic heterocycles. The lowest BCUT2D eigenvalue weighted by Crippen LogP contribution is -2.61. The zero-order chi connectivity index (χ0) is 71.7. The highest BCUT2D eigenvalue weighted by molar-refractivity contribution is 7.99. The maximum Gasteiger partial charge on any atom is 0.338 e. The van der Waals surface area contributed by atoms with Crippen LogP contribution in [0.3, 0.4) is 0 Å². The third-order valence-corrected chi connectivity index (χ3v) is 16.3. The average Bonchev–Trinajstić information content (AvgIpc) is 0.786. The average molecular weight is 1400 g/mol. The Bertz CT molecular complexity index is 4250. The van der Waals surface area contributed by atoms with Crippen molar-refractivity contribution >= 4 is 35.6 Å². The molecule has 5 atom stereocenters. The van der Waals surface area contributed by atoms with Crippen molar-refractivity contribution in [1.82, 2.24) is 0 Å². The Morgan fingerprint density at radius 2 is 0.657 bits per heavy atom. The van der Waals surface area contributed by atoms with Crippen LogP contribution in [0.1, 0.15) is 63.7 Å². The van der Waals surface area contributed by atoms with Gasteiger partial charge in [0.05, 0.1) is 22.3 Å². The molecule has 9 aromatic rings. The Kier molecular flexibility index (Phi) is 25.6. The van der Waals surface area contributed by atoms with Crippen LogP contribution < -0.4 is 37.9 Å². The molecule has 22 heteroatoms. The fourth-order valence-electron chi connectivity index (χ4n) is 10.3. The number of benzene rings is 9. The molecule has 0 aromatic heterocycles. The third-order valence-electron chi connectivity index (χ3n) is 15.1. The zero-order valence-electron chi connectivity index (χ0n) is 55.1. The van der Waals surface area contributed by atoms with Gasteiger partial charge in [0.15, 0.2) is 64.3 Å². The van der Waals surface area contributed by atoms with Gasteiger partial charge in [-0.3, -0.25) is 0 Å². The first kappa shape index (κ1) is 72.5. The van der Waals surface area contributed by atoms with Gasteiger partial charge in [0.25, 0.3) is 0 Å². The maximum atomic E-state index is 15.4. The summed E-state index contributed by atoms with van der Waals surface area (Å²) in [5, 5.41) is 45.8. The summed E-state index contributed by atoms with van der Waals surface area (Å²) in [4.78, 5) is 61.1. The van der Waals surface area contributed by atoms with Crippen LogP contribution in [-0.2, 0) is 50.1 Å². The second-order valence-electron chi connectivity index (χ2n) is 22.5. The number of ether oxygens (including phenoxy) is 13. The van der Waals surface area contributed by atoms with Gasteiger partial charge in [0, 0.05) is 4.90 Å². The van der Waals surface area contributed by atoms with Gasteiger partial charge in [0.1, 0.15) is 71.0 Å². The van der Waals surface area contributed by atoms with Crippen LogP contribution in [0.15, 0.2) is 256 Å². The van der Waals surface area contributed by atoms with Gasteiger partial charge in [-0.15, -0.1) is 0 Å². The van der Waals surface area contributed by atoms with Crippen molar-refractivity contribution in [2.75, 3.05) is 33.0 Å². The van der Waals surface area contributed by atoms with Gasteiger partial charge in [-0.25, -0.2) is 19.2 Å². The van der Waals surface area contributed by atoms with E-state index in [1.807, 2.05) is 60.7 Å². The summed E-state index contributed by atoms with van der Waals surface area (Å²) in [5.41, 5.74) is 0.0964. The van der Waals surface area contributed by atoms with E-state index in [4.69, 9.17) is 61.6 Å². The van der Waals surface area contributed by atoms with E-state index in [0.29, 0.717) is 16.0 Å². The third kappa shape index (κ3) is 19.3. The van der Waals surface area contributed by atoms with Crippen molar-refractivity contribution in [2.45, 2.75) is 61.2 Å². The van der Waals surface area contributed by atoms with Crippen LogP contribution >= 0.6 is 11.8 Å². The largest absolute Gasteiger partial charge is 0.504 e. The van der Waals surface area contributed by atoms with E-state index in [0.717, 1.165) is 47.2 Å².